The molecule has 0 fully saturated rings. The van der Waals surface area contributed by atoms with Crippen molar-refractivity contribution in [3.8, 4) is 0 Å². The third kappa shape index (κ3) is 5.16. The van der Waals surface area contributed by atoms with Crippen LogP contribution in [0, 0.1) is 20.8 Å². The van der Waals surface area contributed by atoms with Gasteiger partial charge in [-0.25, -0.2) is 0 Å². The van der Waals surface area contributed by atoms with Gasteiger partial charge in [0.05, 0.1) is 12.1 Å². The zero-order valence-electron chi connectivity index (χ0n) is 15.3. The molecule has 0 aliphatic carbocycles. The zero-order valence-corrected chi connectivity index (χ0v) is 16.2. The van der Waals surface area contributed by atoms with Crippen LogP contribution in [0.4, 0.5) is 5.69 Å². The largest absolute Gasteiger partial charge is 0.481 e. The molecule has 26 heavy (non-hydrogen) atoms. The van der Waals surface area contributed by atoms with E-state index in [-0.39, 0.29) is 6.42 Å². The van der Waals surface area contributed by atoms with Crippen LogP contribution in [-0.2, 0) is 11.2 Å². The third-order valence-corrected chi connectivity index (χ3v) is 4.18. The van der Waals surface area contributed by atoms with Crippen molar-refractivity contribution in [2.24, 2.45) is 5.10 Å². The molecule has 0 radical (unpaired) electrons. The van der Waals surface area contributed by atoms with Gasteiger partial charge in [-0.1, -0.05) is 18.2 Å². The summed E-state index contributed by atoms with van der Waals surface area (Å²) in [6.07, 6.45) is 0.383. The second-order valence-corrected chi connectivity index (χ2v) is 6.51. The Morgan fingerprint density at radius 1 is 1.27 bits per heavy atom. The Kier molecular flexibility index (Phi) is 6.52. The fraction of sp³-hybridized carbons (Fsp3) is 0.316. The highest BCUT2D eigenvalue weighted by Gasteiger charge is 2.12. The fourth-order valence-electron chi connectivity index (χ4n) is 2.60. The number of nitrogens with zero attached hydrogens (tertiary/aromatic N) is 1. The normalized spacial score (nSPS) is 11.3. The van der Waals surface area contributed by atoms with Gasteiger partial charge in [-0.05, 0) is 57.1 Å². The molecule has 1 aromatic heterocycles. The Morgan fingerprint density at radius 2 is 1.92 bits per heavy atom. The van der Waals surface area contributed by atoms with Crippen molar-refractivity contribution in [2.45, 2.75) is 40.5 Å². The van der Waals surface area contributed by atoms with Gasteiger partial charge in [-0.15, -0.1) is 0 Å². The van der Waals surface area contributed by atoms with Crippen molar-refractivity contribution in [3.05, 3.63) is 52.5 Å². The Morgan fingerprint density at radius 3 is 2.54 bits per heavy atom. The molecule has 0 bridgehead atoms. The molecule has 0 spiro atoms. The molecule has 138 valence electrons. The van der Waals surface area contributed by atoms with E-state index in [4.69, 9.17) is 21.7 Å². The number of anilines is 1. The lowest BCUT2D eigenvalue weighted by Gasteiger charge is -2.13. The first kappa shape index (κ1) is 19.7. The molecular weight excluding hydrogens is 350 g/mol. The van der Waals surface area contributed by atoms with Gasteiger partial charge < -0.3 is 14.8 Å². The maximum Gasteiger partial charge on any atom is 0.303 e. The minimum absolute atomic E-state index is 0.0324. The quantitative estimate of drug-likeness (QED) is 0.404. The number of aryl methyl sites for hydroxylation is 4. The molecule has 2 rings (SSSR count). The highest BCUT2D eigenvalue weighted by molar-refractivity contribution is 7.80. The summed E-state index contributed by atoms with van der Waals surface area (Å²) in [6, 6.07) is 7.85. The number of hydrogen-bond acceptors (Lipinski definition) is 4. The number of hydrazone groups is 1. The number of hydrogen-bond donors (Lipinski definition) is 3. The second kappa shape index (κ2) is 8.62. The first-order valence-electron chi connectivity index (χ1n) is 8.27. The summed E-state index contributed by atoms with van der Waals surface area (Å²) in [7, 11) is 0. The van der Waals surface area contributed by atoms with E-state index in [1.54, 1.807) is 0 Å². The van der Waals surface area contributed by atoms with Gasteiger partial charge in [0.15, 0.2) is 5.11 Å². The molecule has 0 saturated heterocycles. The predicted octanol–water partition coefficient (Wildman–Crippen LogP) is 3.93. The Bertz CT molecular complexity index is 835. The number of carboxylic acids is 1. The molecule has 0 aliphatic heterocycles. The summed E-state index contributed by atoms with van der Waals surface area (Å²) < 4.78 is 5.60. The summed E-state index contributed by atoms with van der Waals surface area (Å²) in [6.45, 7) is 7.69. The monoisotopic (exact) mass is 373 g/mol. The molecule has 0 saturated carbocycles. The number of benzene rings is 1. The number of thiocarbonyl (C=S) groups is 1. The number of nitrogens with one attached hydrogen (secondary N) is 2. The molecule has 7 heteroatoms. The zero-order chi connectivity index (χ0) is 19.3. The lowest BCUT2D eigenvalue weighted by molar-refractivity contribution is -0.137. The maximum absolute atomic E-state index is 10.7. The van der Waals surface area contributed by atoms with Gasteiger partial charge in [0.2, 0.25) is 0 Å². The summed E-state index contributed by atoms with van der Waals surface area (Å²) in [5, 5.41) is 16.6. The van der Waals surface area contributed by atoms with E-state index in [9.17, 15) is 4.79 Å². The van der Waals surface area contributed by atoms with Crippen LogP contribution >= 0.6 is 12.2 Å². The highest BCUT2D eigenvalue weighted by Crippen LogP contribution is 2.19. The maximum atomic E-state index is 10.7. The third-order valence-electron chi connectivity index (χ3n) is 3.99. The summed E-state index contributed by atoms with van der Waals surface area (Å²) in [5.74, 6) is 0.475. The van der Waals surface area contributed by atoms with E-state index in [0.717, 1.165) is 22.4 Å². The molecular formula is C19H23N3O3S. The fourth-order valence-corrected chi connectivity index (χ4v) is 2.75. The number of furan rings is 1. The predicted molar refractivity (Wildman–Crippen MR) is 107 cm³/mol. The number of carbonyl (C=O) groups is 1. The van der Waals surface area contributed by atoms with Crippen LogP contribution in [0.2, 0.25) is 0 Å². The van der Waals surface area contributed by atoms with Crippen molar-refractivity contribution < 1.29 is 14.3 Å². The first-order chi connectivity index (χ1) is 12.3. The second-order valence-electron chi connectivity index (χ2n) is 6.11. The first-order valence-corrected chi connectivity index (χ1v) is 8.67. The van der Waals surface area contributed by atoms with E-state index in [0.29, 0.717) is 28.8 Å². The number of aliphatic carboxylic acids is 1. The minimum atomic E-state index is -0.851. The number of para-hydroxylation sites is 1. The van der Waals surface area contributed by atoms with Gasteiger partial charge in [0, 0.05) is 17.7 Å². The Labute approximate surface area is 158 Å². The van der Waals surface area contributed by atoms with Crippen LogP contribution in [0.3, 0.4) is 0 Å². The van der Waals surface area contributed by atoms with Crippen molar-refractivity contribution in [3.63, 3.8) is 0 Å². The lowest BCUT2D eigenvalue weighted by atomic mass is 10.1. The van der Waals surface area contributed by atoms with E-state index in [2.05, 4.69) is 15.8 Å². The van der Waals surface area contributed by atoms with E-state index >= 15 is 0 Å². The molecule has 6 nitrogen and oxygen atoms in total. The molecule has 0 atom stereocenters. The van der Waals surface area contributed by atoms with Crippen LogP contribution < -0.4 is 10.7 Å². The van der Waals surface area contributed by atoms with Gasteiger partial charge in [-0.3, -0.25) is 10.2 Å². The highest BCUT2D eigenvalue weighted by atomic mass is 32.1. The van der Waals surface area contributed by atoms with Crippen LogP contribution in [0.15, 0.2) is 33.8 Å². The van der Waals surface area contributed by atoms with Gasteiger partial charge in [0.25, 0.3) is 0 Å². The summed E-state index contributed by atoms with van der Waals surface area (Å²) in [4.78, 5) is 10.7. The number of rotatable bonds is 6. The van der Waals surface area contributed by atoms with Crippen LogP contribution in [0.5, 0.6) is 0 Å². The summed E-state index contributed by atoms with van der Waals surface area (Å²) >= 11 is 5.31. The lowest BCUT2D eigenvalue weighted by Crippen LogP contribution is -2.25. The average Bonchev–Trinajstić information content (AvgIpc) is 2.95. The SMILES string of the molecule is C/C(=N/NC(=S)Nc1c(C)cccc1C)c1cc(CCC(=O)O)oc1C. The molecule has 2 aromatic rings. The molecule has 1 heterocycles. The average molecular weight is 373 g/mol. The molecule has 0 aliphatic rings. The van der Waals surface area contributed by atoms with Gasteiger partial charge in [0.1, 0.15) is 11.5 Å². The van der Waals surface area contributed by atoms with E-state index in [1.807, 2.05) is 52.0 Å². The van der Waals surface area contributed by atoms with E-state index < -0.39 is 5.97 Å². The topological polar surface area (TPSA) is 86.9 Å². The molecule has 3 N–H and O–H groups in total. The van der Waals surface area contributed by atoms with Crippen molar-refractivity contribution >= 4 is 34.7 Å². The molecule has 0 amide bonds. The minimum Gasteiger partial charge on any atom is -0.481 e. The van der Waals surface area contributed by atoms with Gasteiger partial charge in [-0.2, -0.15) is 5.10 Å². The van der Waals surface area contributed by atoms with Crippen LogP contribution in [-0.4, -0.2) is 21.9 Å². The van der Waals surface area contributed by atoms with Crippen molar-refractivity contribution in [1.82, 2.24) is 5.43 Å². The standard InChI is InChI=1S/C19H23N3O3S/c1-11-6-5-7-12(2)18(11)20-19(26)22-21-13(3)16-10-15(25-14(16)4)8-9-17(23)24/h5-7,10H,8-9H2,1-4H3,(H,23,24)(H2,20,22,26)/b21-13-. The van der Waals surface area contributed by atoms with Crippen LogP contribution in [0.1, 0.15) is 41.6 Å². The van der Waals surface area contributed by atoms with Crippen molar-refractivity contribution in [1.29, 1.82) is 0 Å². The Balaban J connectivity index is 2.03. The van der Waals surface area contributed by atoms with Crippen LogP contribution in [0.25, 0.3) is 0 Å². The smallest absolute Gasteiger partial charge is 0.303 e. The Hall–Kier alpha value is -2.67. The van der Waals surface area contributed by atoms with Crippen molar-refractivity contribution in [2.75, 3.05) is 5.32 Å². The van der Waals surface area contributed by atoms with Gasteiger partial charge >= 0.3 is 5.97 Å². The molecule has 0 unspecified atom stereocenters. The summed E-state index contributed by atoms with van der Waals surface area (Å²) in [5.41, 5.74) is 7.54. The molecule has 1 aromatic carbocycles. The number of carboxylic acid groups (broad SMARTS) is 1. The van der Waals surface area contributed by atoms with E-state index in [1.165, 1.54) is 0 Å².